The number of aliphatic carboxylic acids is 1. The third-order valence-corrected chi connectivity index (χ3v) is 5.80. The minimum absolute atomic E-state index is 0.0477. The van der Waals surface area contributed by atoms with Crippen molar-refractivity contribution < 1.29 is 24.2 Å². The summed E-state index contributed by atoms with van der Waals surface area (Å²) >= 11 is 0. The highest BCUT2D eigenvalue weighted by Crippen LogP contribution is 2.44. The molecule has 3 N–H and O–H groups in total. The highest BCUT2D eigenvalue weighted by molar-refractivity contribution is 5.86. The fourth-order valence-corrected chi connectivity index (χ4v) is 4.03. The number of nitrogens with one attached hydrogen (secondary N) is 2. The minimum Gasteiger partial charge on any atom is -0.481 e. The first-order valence-electron chi connectivity index (χ1n) is 10.9. The third-order valence-electron chi connectivity index (χ3n) is 5.80. The van der Waals surface area contributed by atoms with Crippen LogP contribution < -0.4 is 10.6 Å². The number of hydrogen-bond donors (Lipinski definition) is 3. The number of amides is 2. The van der Waals surface area contributed by atoms with Crippen molar-refractivity contribution in [3.05, 3.63) is 59.7 Å². The summed E-state index contributed by atoms with van der Waals surface area (Å²) in [6.45, 7) is 3.73. The number of carboxylic acid groups (broad SMARTS) is 1. The van der Waals surface area contributed by atoms with Gasteiger partial charge in [0.25, 0.3) is 0 Å². The Morgan fingerprint density at radius 2 is 1.61 bits per heavy atom. The van der Waals surface area contributed by atoms with Crippen LogP contribution in [0.1, 0.15) is 43.7 Å². The lowest BCUT2D eigenvalue weighted by atomic mass is 9.98. The number of terminal acetylenes is 1. The van der Waals surface area contributed by atoms with Crippen LogP contribution in [0.4, 0.5) is 4.79 Å². The molecule has 0 spiro atoms. The number of benzene rings is 2. The monoisotopic (exact) mass is 448 g/mol. The maximum atomic E-state index is 12.7. The molecule has 2 atom stereocenters. The van der Waals surface area contributed by atoms with E-state index >= 15 is 0 Å². The Balaban J connectivity index is 1.64. The molecule has 1 aliphatic rings. The maximum Gasteiger partial charge on any atom is 0.407 e. The summed E-state index contributed by atoms with van der Waals surface area (Å²) in [5, 5.41) is 14.3. The summed E-state index contributed by atoms with van der Waals surface area (Å²) in [6.07, 6.45) is 4.35. The zero-order valence-electron chi connectivity index (χ0n) is 18.7. The Labute approximate surface area is 193 Å². The van der Waals surface area contributed by atoms with Gasteiger partial charge in [0.15, 0.2) is 0 Å². The second-order valence-electron chi connectivity index (χ2n) is 8.39. The molecule has 2 aromatic carbocycles. The SMILES string of the molecule is C#CCC(NC(=O)OCC1c2ccccc2-c2ccccc21)C(=O)N[C@@H](CC(=O)O)C(C)C. The molecule has 1 aliphatic carbocycles. The predicted molar refractivity (Wildman–Crippen MR) is 124 cm³/mol. The van der Waals surface area contributed by atoms with E-state index in [4.69, 9.17) is 16.3 Å². The number of alkyl carbamates (subject to hydrolysis) is 1. The molecule has 0 saturated heterocycles. The number of carboxylic acids is 1. The number of carbonyl (C=O) groups excluding carboxylic acids is 2. The minimum atomic E-state index is -1.03. The summed E-state index contributed by atoms with van der Waals surface area (Å²) in [7, 11) is 0. The van der Waals surface area contributed by atoms with E-state index < -0.39 is 30.1 Å². The molecule has 0 bridgehead atoms. The lowest BCUT2D eigenvalue weighted by Gasteiger charge is -2.24. The summed E-state index contributed by atoms with van der Waals surface area (Å²) in [5.74, 6) is 0.598. The Hall–Kier alpha value is -3.79. The normalized spacial score (nSPS) is 13.9. The number of rotatable bonds is 9. The van der Waals surface area contributed by atoms with Gasteiger partial charge >= 0.3 is 12.1 Å². The predicted octanol–water partition coefficient (Wildman–Crippen LogP) is 3.53. The van der Waals surface area contributed by atoms with Crippen LogP contribution in [0.3, 0.4) is 0 Å². The highest BCUT2D eigenvalue weighted by Gasteiger charge is 2.30. The van der Waals surface area contributed by atoms with Gasteiger partial charge in [-0.3, -0.25) is 9.59 Å². The van der Waals surface area contributed by atoms with Crippen molar-refractivity contribution >= 4 is 18.0 Å². The van der Waals surface area contributed by atoms with Crippen LogP contribution in [0, 0.1) is 18.3 Å². The quantitative estimate of drug-likeness (QED) is 0.509. The highest BCUT2D eigenvalue weighted by atomic mass is 16.5. The van der Waals surface area contributed by atoms with E-state index in [1.165, 1.54) is 0 Å². The van der Waals surface area contributed by atoms with Crippen molar-refractivity contribution in [3.8, 4) is 23.5 Å². The van der Waals surface area contributed by atoms with Crippen molar-refractivity contribution in [1.82, 2.24) is 10.6 Å². The third kappa shape index (κ3) is 5.72. The first kappa shape index (κ1) is 23.9. The number of carbonyl (C=O) groups is 3. The molecule has 0 fully saturated rings. The van der Waals surface area contributed by atoms with Crippen molar-refractivity contribution in [2.24, 2.45) is 5.92 Å². The molecule has 3 rings (SSSR count). The molecule has 0 aromatic heterocycles. The zero-order valence-corrected chi connectivity index (χ0v) is 18.7. The van der Waals surface area contributed by atoms with Gasteiger partial charge in [0, 0.05) is 18.4 Å². The molecule has 0 aliphatic heterocycles. The van der Waals surface area contributed by atoms with Crippen molar-refractivity contribution in [2.45, 2.75) is 44.7 Å². The molecule has 172 valence electrons. The van der Waals surface area contributed by atoms with Gasteiger partial charge in [-0.2, -0.15) is 0 Å². The fourth-order valence-electron chi connectivity index (χ4n) is 4.03. The van der Waals surface area contributed by atoms with Gasteiger partial charge in [0.05, 0.1) is 6.42 Å². The Kier molecular flexibility index (Phi) is 7.73. The van der Waals surface area contributed by atoms with Crippen LogP contribution >= 0.6 is 0 Å². The standard InChI is InChI=1S/C26H28N2O5/c1-4-9-22(25(31)27-23(16(2)3)14-24(29)30)28-26(32)33-15-21-19-12-7-5-10-17(19)18-11-6-8-13-20(18)21/h1,5-8,10-13,16,21-23H,9,14-15H2,2-3H3,(H,27,31)(H,28,32)(H,29,30)/t22?,23-/m0/s1. The second kappa shape index (κ2) is 10.7. The second-order valence-corrected chi connectivity index (χ2v) is 8.39. The molecular weight excluding hydrogens is 420 g/mol. The van der Waals surface area contributed by atoms with Crippen LogP contribution in [-0.4, -0.2) is 41.8 Å². The van der Waals surface area contributed by atoms with Gasteiger partial charge < -0.3 is 20.5 Å². The Morgan fingerprint density at radius 3 is 2.12 bits per heavy atom. The topological polar surface area (TPSA) is 105 Å². The summed E-state index contributed by atoms with van der Waals surface area (Å²) in [6, 6.07) is 14.4. The summed E-state index contributed by atoms with van der Waals surface area (Å²) in [5.41, 5.74) is 4.39. The van der Waals surface area contributed by atoms with E-state index in [9.17, 15) is 14.4 Å². The lowest BCUT2D eigenvalue weighted by Crippen LogP contribution is -2.51. The maximum absolute atomic E-state index is 12.7. The lowest BCUT2D eigenvalue weighted by molar-refractivity contribution is -0.138. The number of hydrogen-bond acceptors (Lipinski definition) is 4. The van der Waals surface area contributed by atoms with Crippen LogP contribution in [0.2, 0.25) is 0 Å². The van der Waals surface area contributed by atoms with Crippen molar-refractivity contribution in [3.63, 3.8) is 0 Å². The van der Waals surface area contributed by atoms with E-state index in [1.807, 2.05) is 62.4 Å². The number of fused-ring (bicyclic) bond motifs is 3. The average Bonchev–Trinajstić information content (AvgIpc) is 3.10. The van der Waals surface area contributed by atoms with Gasteiger partial charge in [-0.1, -0.05) is 62.4 Å². The molecule has 0 saturated carbocycles. The first-order chi connectivity index (χ1) is 15.8. The van der Waals surface area contributed by atoms with E-state index in [1.54, 1.807) is 0 Å². The molecule has 0 heterocycles. The van der Waals surface area contributed by atoms with Gasteiger partial charge in [0.1, 0.15) is 12.6 Å². The summed E-state index contributed by atoms with van der Waals surface area (Å²) < 4.78 is 5.49. The molecule has 2 aromatic rings. The van der Waals surface area contributed by atoms with E-state index in [0.717, 1.165) is 22.3 Å². The van der Waals surface area contributed by atoms with E-state index in [-0.39, 0.29) is 31.3 Å². The van der Waals surface area contributed by atoms with Crippen molar-refractivity contribution in [2.75, 3.05) is 6.61 Å². The number of ether oxygens (including phenoxy) is 1. The van der Waals surface area contributed by atoms with Crippen molar-refractivity contribution in [1.29, 1.82) is 0 Å². The smallest absolute Gasteiger partial charge is 0.407 e. The molecule has 7 nitrogen and oxygen atoms in total. The Morgan fingerprint density at radius 1 is 1.03 bits per heavy atom. The average molecular weight is 449 g/mol. The van der Waals surface area contributed by atoms with E-state index in [2.05, 4.69) is 16.6 Å². The molecule has 7 heteroatoms. The largest absolute Gasteiger partial charge is 0.481 e. The van der Waals surface area contributed by atoms with E-state index in [0.29, 0.717) is 0 Å². The van der Waals surface area contributed by atoms with Gasteiger partial charge in [-0.25, -0.2) is 4.79 Å². The molecule has 0 radical (unpaired) electrons. The van der Waals surface area contributed by atoms with Crippen LogP contribution in [0.5, 0.6) is 0 Å². The molecular formula is C26H28N2O5. The fraction of sp³-hybridized carbons (Fsp3) is 0.346. The molecule has 2 amide bonds. The zero-order chi connectivity index (χ0) is 24.0. The summed E-state index contributed by atoms with van der Waals surface area (Å²) in [4.78, 5) is 36.3. The van der Waals surface area contributed by atoms with Crippen LogP contribution in [-0.2, 0) is 14.3 Å². The molecule has 1 unspecified atom stereocenters. The van der Waals surface area contributed by atoms with Gasteiger partial charge in [-0.15, -0.1) is 12.3 Å². The van der Waals surface area contributed by atoms with Crippen LogP contribution in [0.15, 0.2) is 48.5 Å². The molecule has 33 heavy (non-hydrogen) atoms. The van der Waals surface area contributed by atoms with Gasteiger partial charge in [-0.05, 0) is 28.2 Å². The van der Waals surface area contributed by atoms with Gasteiger partial charge in [0.2, 0.25) is 5.91 Å². The Bertz CT molecular complexity index is 1030. The van der Waals surface area contributed by atoms with Crippen LogP contribution in [0.25, 0.3) is 11.1 Å². The first-order valence-corrected chi connectivity index (χ1v) is 10.9.